The Labute approximate surface area is 127 Å². The molecule has 0 atom stereocenters. The molecule has 0 heterocycles. The Balaban J connectivity index is 2.22. The summed E-state index contributed by atoms with van der Waals surface area (Å²) in [5.41, 5.74) is 9.33. The van der Waals surface area contributed by atoms with Crippen LogP contribution < -0.4 is 11.1 Å². The van der Waals surface area contributed by atoms with Crippen molar-refractivity contribution in [1.82, 2.24) is 0 Å². The van der Waals surface area contributed by atoms with Crippen molar-refractivity contribution in [2.24, 2.45) is 5.73 Å². The second kappa shape index (κ2) is 6.20. The SMILES string of the molecule is Cc1cccc(C(N)=S)c1NCc1ccc(F)c(Cl)c1. The average Bonchev–Trinajstić information content (AvgIpc) is 2.40. The van der Waals surface area contributed by atoms with E-state index in [4.69, 9.17) is 29.6 Å². The van der Waals surface area contributed by atoms with E-state index >= 15 is 0 Å². The third kappa shape index (κ3) is 3.26. The minimum atomic E-state index is -0.421. The first-order valence-electron chi connectivity index (χ1n) is 6.06. The van der Waals surface area contributed by atoms with Gasteiger partial charge in [-0.3, -0.25) is 0 Å². The van der Waals surface area contributed by atoms with Crippen LogP contribution in [0.2, 0.25) is 5.02 Å². The molecule has 2 aromatic rings. The molecule has 0 aromatic heterocycles. The van der Waals surface area contributed by atoms with E-state index in [1.807, 2.05) is 25.1 Å². The number of nitrogens with one attached hydrogen (secondary N) is 1. The third-order valence-corrected chi connectivity index (χ3v) is 3.50. The number of hydrogen-bond acceptors (Lipinski definition) is 2. The fraction of sp³-hybridized carbons (Fsp3) is 0.133. The summed E-state index contributed by atoms with van der Waals surface area (Å²) in [6, 6.07) is 10.4. The normalized spacial score (nSPS) is 10.3. The van der Waals surface area contributed by atoms with Crippen LogP contribution in [0.5, 0.6) is 0 Å². The fourth-order valence-corrected chi connectivity index (χ4v) is 2.32. The maximum atomic E-state index is 13.1. The summed E-state index contributed by atoms with van der Waals surface area (Å²) >= 11 is 10.8. The number of aryl methyl sites for hydroxylation is 1. The standard InChI is InChI=1S/C15H14ClFN2S/c1-9-3-2-4-11(15(18)20)14(9)19-8-10-5-6-13(17)12(16)7-10/h2-7,19H,8H2,1H3,(H2,18,20). The third-order valence-electron chi connectivity index (χ3n) is 2.99. The van der Waals surface area contributed by atoms with Crippen LogP contribution >= 0.6 is 23.8 Å². The Bertz CT molecular complexity index is 658. The molecular formula is C15H14ClFN2S. The molecule has 0 radical (unpaired) electrons. The van der Waals surface area contributed by atoms with E-state index in [9.17, 15) is 4.39 Å². The van der Waals surface area contributed by atoms with E-state index in [0.717, 1.165) is 22.4 Å². The highest BCUT2D eigenvalue weighted by atomic mass is 35.5. The molecule has 2 aromatic carbocycles. The number of hydrogen-bond donors (Lipinski definition) is 2. The Hall–Kier alpha value is -1.65. The smallest absolute Gasteiger partial charge is 0.141 e. The van der Waals surface area contributed by atoms with Gasteiger partial charge in [0.1, 0.15) is 10.8 Å². The fourth-order valence-electron chi connectivity index (χ4n) is 1.95. The Morgan fingerprint density at radius 1 is 1.35 bits per heavy atom. The van der Waals surface area contributed by atoms with Crippen molar-refractivity contribution in [3.63, 3.8) is 0 Å². The predicted octanol–water partition coefficient (Wildman–Crippen LogP) is 4.03. The second-order valence-electron chi connectivity index (χ2n) is 4.46. The van der Waals surface area contributed by atoms with Crippen LogP contribution in [0, 0.1) is 12.7 Å². The van der Waals surface area contributed by atoms with Crippen molar-refractivity contribution in [3.8, 4) is 0 Å². The molecule has 104 valence electrons. The monoisotopic (exact) mass is 308 g/mol. The zero-order valence-corrected chi connectivity index (χ0v) is 12.5. The summed E-state index contributed by atoms with van der Waals surface area (Å²) in [5, 5.41) is 3.39. The van der Waals surface area contributed by atoms with E-state index in [2.05, 4.69) is 5.32 Å². The number of halogens is 2. The van der Waals surface area contributed by atoms with E-state index in [1.165, 1.54) is 6.07 Å². The van der Waals surface area contributed by atoms with E-state index in [0.29, 0.717) is 11.5 Å². The van der Waals surface area contributed by atoms with Gasteiger partial charge in [-0.25, -0.2) is 4.39 Å². The molecule has 20 heavy (non-hydrogen) atoms. The Morgan fingerprint density at radius 3 is 2.75 bits per heavy atom. The molecule has 2 nitrogen and oxygen atoms in total. The van der Waals surface area contributed by atoms with Crippen LogP contribution in [-0.2, 0) is 6.54 Å². The average molecular weight is 309 g/mol. The van der Waals surface area contributed by atoms with Gasteiger partial charge in [-0.15, -0.1) is 0 Å². The summed E-state index contributed by atoms with van der Waals surface area (Å²) in [6.45, 7) is 2.49. The van der Waals surface area contributed by atoms with Crippen molar-refractivity contribution in [1.29, 1.82) is 0 Å². The number of thiocarbonyl (C=S) groups is 1. The van der Waals surface area contributed by atoms with E-state index in [1.54, 1.807) is 12.1 Å². The van der Waals surface area contributed by atoms with Crippen molar-refractivity contribution in [2.45, 2.75) is 13.5 Å². The molecule has 0 bridgehead atoms. The lowest BCUT2D eigenvalue weighted by molar-refractivity contribution is 0.627. The zero-order valence-electron chi connectivity index (χ0n) is 10.9. The molecule has 0 spiro atoms. The summed E-state index contributed by atoms with van der Waals surface area (Å²) in [6.07, 6.45) is 0. The van der Waals surface area contributed by atoms with Crippen LogP contribution in [0.3, 0.4) is 0 Å². The Morgan fingerprint density at radius 2 is 2.10 bits per heavy atom. The molecule has 0 aliphatic heterocycles. The molecule has 3 N–H and O–H groups in total. The van der Waals surface area contributed by atoms with Crippen LogP contribution in [0.1, 0.15) is 16.7 Å². The molecule has 2 rings (SSSR count). The number of anilines is 1. The van der Waals surface area contributed by atoms with Gasteiger partial charge < -0.3 is 11.1 Å². The highest BCUT2D eigenvalue weighted by molar-refractivity contribution is 7.80. The van der Waals surface area contributed by atoms with Crippen molar-refractivity contribution in [2.75, 3.05) is 5.32 Å². The van der Waals surface area contributed by atoms with Gasteiger partial charge in [0, 0.05) is 17.8 Å². The van der Waals surface area contributed by atoms with Gasteiger partial charge in [-0.2, -0.15) is 0 Å². The molecular weight excluding hydrogens is 295 g/mol. The summed E-state index contributed by atoms with van der Waals surface area (Å²) in [5.74, 6) is -0.421. The first-order chi connectivity index (χ1) is 9.49. The zero-order chi connectivity index (χ0) is 14.7. The van der Waals surface area contributed by atoms with Gasteiger partial charge in [0.05, 0.1) is 5.02 Å². The van der Waals surface area contributed by atoms with Crippen molar-refractivity contribution in [3.05, 3.63) is 63.9 Å². The quantitative estimate of drug-likeness (QED) is 0.837. The molecule has 0 saturated heterocycles. The van der Waals surface area contributed by atoms with Crippen LogP contribution in [-0.4, -0.2) is 4.99 Å². The number of rotatable bonds is 4. The molecule has 0 saturated carbocycles. The molecule has 0 amide bonds. The lowest BCUT2D eigenvalue weighted by Gasteiger charge is -2.14. The van der Waals surface area contributed by atoms with E-state index in [-0.39, 0.29) is 5.02 Å². The minimum absolute atomic E-state index is 0.114. The summed E-state index contributed by atoms with van der Waals surface area (Å²) < 4.78 is 13.1. The second-order valence-corrected chi connectivity index (χ2v) is 5.31. The minimum Gasteiger partial charge on any atom is -0.389 e. The van der Waals surface area contributed by atoms with Crippen molar-refractivity contribution >= 4 is 34.5 Å². The maximum absolute atomic E-state index is 13.1. The highest BCUT2D eigenvalue weighted by Gasteiger charge is 2.08. The highest BCUT2D eigenvalue weighted by Crippen LogP contribution is 2.22. The number of nitrogens with two attached hydrogens (primary N) is 1. The first-order valence-corrected chi connectivity index (χ1v) is 6.85. The topological polar surface area (TPSA) is 38.0 Å². The largest absolute Gasteiger partial charge is 0.389 e. The van der Waals surface area contributed by atoms with Crippen molar-refractivity contribution < 1.29 is 4.39 Å². The van der Waals surface area contributed by atoms with Crippen LogP contribution in [0.25, 0.3) is 0 Å². The Kier molecular flexibility index (Phi) is 4.57. The lowest BCUT2D eigenvalue weighted by atomic mass is 10.1. The van der Waals surface area contributed by atoms with Gasteiger partial charge in [0.2, 0.25) is 0 Å². The van der Waals surface area contributed by atoms with Gasteiger partial charge in [-0.05, 0) is 36.2 Å². The molecule has 0 aliphatic rings. The lowest BCUT2D eigenvalue weighted by Crippen LogP contribution is -2.14. The van der Waals surface area contributed by atoms with Gasteiger partial charge in [0.25, 0.3) is 0 Å². The van der Waals surface area contributed by atoms with Crippen LogP contribution in [0.15, 0.2) is 36.4 Å². The summed E-state index contributed by atoms with van der Waals surface area (Å²) in [4.78, 5) is 0.341. The molecule has 0 fully saturated rings. The van der Waals surface area contributed by atoms with E-state index < -0.39 is 5.82 Å². The first kappa shape index (κ1) is 14.8. The predicted molar refractivity (Wildman–Crippen MR) is 85.8 cm³/mol. The van der Waals surface area contributed by atoms with Gasteiger partial charge in [0.15, 0.2) is 0 Å². The number of benzene rings is 2. The number of para-hydroxylation sites is 1. The molecule has 0 aliphatic carbocycles. The maximum Gasteiger partial charge on any atom is 0.141 e. The van der Waals surface area contributed by atoms with Gasteiger partial charge >= 0.3 is 0 Å². The molecule has 0 unspecified atom stereocenters. The summed E-state index contributed by atoms with van der Waals surface area (Å²) in [7, 11) is 0. The van der Waals surface area contributed by atoms with Gasteiger partial charge in [-0.1, -0.05) is 42.0 Å². The van der Waals surface area contributed by atoms with Crippen LogP contribution in [0.4, 0.5) is 10.1 Å². The molecule has 5 heteroatoms.